The zero-order valence-electron chi connectivity index (χ0n) is 28.2. The summed E-state index contributed by atoms with van der Waals surface area (Å²) in [7, 11) is 2.41. The summed E-state index contributed by atoms with van der Waals surface area (Å²) < 4.78 is 10.6. The summed E-state index contributed by atoms with van der Waals surface area (Å²) in [6.07, 6.45) is 0.447. The zero-order valence-corrected chi connectivity index (χ0v) is 28.2. The van der Waals surface area contributed by atoms with Crippen LogP contribution in [0.3, 0.4) is 0 Å². The van der Waals surface area contributed by atoms with E-state index in [0.717, 1.165) is 12.2 Å². The molecule has 14 heteroatoms. The first-order chi connectivity index (χ1) is 24.3. The van der Waals surface area contributed by atoms with Gasteiger partial charge in [-0.05, 0) is 60.0 Å². The van der Waals surface area contributed by atoms with Gasteiger partial charge in [-0.2, -0.15) is 0 Å². The van der Waals surface area contributed by atoms with Gasteiger partial charge in [-0.3, -0.25) is 9.59 Å². The van der Waals surface area contributed by atoms with Crippen LogP contribution in [0.15, 0.2) is 60.1 Å². The lowest BCUT2D eigenvalue weighted by Gasteiger charge is -2.39. The lowest BCUT2D eigenvalue weighted by atomic mass is 9.70. The van der Waals surface area contributed by atoms with Gasteiger partial charge in [-0.25, -0.2) is 9.59 Å². The molecule has 4 atom stereocenters. The van der Waals surface area contributed by atoms with E-state index in [0.29, 0.717) is 0 Å². The summed E-state index contributed by atoms with van der Waals surface area (Å²) in [5.74, 6) is -9.33. The third-order valence-electron chi connectivity index (χ3n) is 9.89. The number of Topliss-reactive ketones (excluding diaryl/α,β-unsaturated/α-hetero) is 2. The smallest absolute Gasteiger partial charge is 0.331 e. The van der Waals surface area contributed by atoms with Crippen LogP contribution in [0.5, 0.6) is 23.0 Å². The predicted molar refractivity (Wildman–Crippen MR) is 184 cm³/mol. The molecule has 0 saturated carbocycles. The van der Waals surface area contributed by atoms with Crippen molar-refractivity contribution in [2.75, 3.05) is 14.2 Å². The number of carbonyl (C=O) groups is 4. The van der Waals surface area contributed by atoms with Gasteiger partial charge in [0.2, 0.25) is 0 Å². The molecule has 0 amide bonds. The number of aromatic hydroxyl groups is 4. The van der Waals surface area contributed by atoms with Crippen LogP contribution in [0.4, 0.5) is 0 Å². The van der Waals surface area contributed by atoms with Gasteiger partial charge in [0.25, 0.3) is 0 Å². The largest absolute Gasteiger partial charge is 0.507 e. The highest BCUT2D eigenvalue weighted by Gasteiger charge is 2.48. The van der Waals surface area contributed by atoms with Crippen LogP contribution in [-0.4, -0.2) is 89.8 Å². The van der Waals surface area contributed by atoms with Crippen LogP contribution in [0.2, 0.25) is 0 Å². The Labute approximate surface area is 294 Å². The molecule has 8 N–H and O–H groups in total. The van der Waals surface area contributed by atoms with Gasteiger partial charge in [-0.1, -0.05) is 12.1 Å². The fourth-order valence-corrected chi connectivity index (χ4v) is 7.81. The number of phenolic OH excluding ortho intramolecular Hbond substituents is 4. The van der Waals surface area contributed by atoms with Crippen LogP contribution in [-0.2, 0) is 19.1 Å². The number of rotatable bonds is 7. The molecule has 2 aliphatic rings. The molecule has 0 heterocycles. The van der Waals surface area contributed by atoms with Gasteiger partial charge in [0.05, 0.1) is 71.3 Å². The number of phenols is 4. The molecule has 0 bridgehead atoms. The Morgan fingerprint density at radius 3 is 1.31 bits per heavy atom. The molecule has 14 nitrogen and oxygen atoms in total. The number of hydrogen-bond donors (Lipinski definition) is 8. The van der Waals surface area contributed by atoms with Crippen molar-refractivity contribution >= 4 is 45.0 Å². The van der Waals surface area contributed by atoms with Crippen molar-refractivity contribution in [3.63, 3.8) is 0 Å². The predicted octanol–water partition coefficient (Wildman–Crippen LogP) is 4.55. The highest BCUT2D eigenvalue weighted by Crippen LogP contribution is 2.54. The molecule has 0 aliphatic heterocycles. The van der Waals surface area contributed by atoms with Gasteiger partial charge in [0.15, 0.2) is 11.6 Å². The van der Waals surface area contributed by atoms with Crippen molar-refractivity contribution in [2.45, 2.75) is 49.7 Å². The van der Waals surface area contributed by atoms with E-state index in [-0.39, 0.29) is 66.4 Å². The number of aliphatic carboxylic acids is 2. The molecule has 0 aromatic heterocycles. The maximum absolute atomic E-state index is 13.3. The molecule has 270 valence electrons. The minimum Gasteiger partial charge on any atom is -0.507 e. The quantitative estimate of drug-likeness (QED) is 0.0966. The van der Waals surface area contributed by atoms with E-state index in [2.05, 4.69) is 0 Å². The first kappa shape index (κ1) is 35.7. The molecule has 0 saturated heterocycles. The summed E-state index contributed by atoms with van der Waals surface area (Å²) in [4.78, 5) is 49.8. The summed E-state index contributed by atoms with van der Waals surface area (Å²) in [6, 6.07) is 8.53. The van der Waals surface area contributed by atoms with E-state index >= 15 is 0 Å². The van der Waals surface area contributed by atoms with E-state index in [1.165, 1.54) is 64.5 Å². The van der Waals surface area contributed by atoms with Crippen LogP contribution >= 0.6 is 0 Å². The Bertz CT molecular complexity index is 2160. The third kappa shape index (κ3) is 5.43. The molecule has 0 radical (unpaired) electrons. The number of methoxy groups -OCH3 is 2. The highest BCUT2D eigenvalue weighted by molar-refractivity contribution is 6.13. The average molecular weight is 715 g/mol. The van der Waals surface area contributed by atoms with E-state index in [4.69, 9.17) is 9.47 Å². The second-order valence-electron chi connectivity index (χ2n) is 13.5. The Hall–Kier alpha value is -6.12. The van der Waals surface area contributed by atoms with E-state index in [9.17, 15) is 60.0 Å². The standard InChI is InChI=1S/C38H34O14/c1-37(49)13-21(39)29-19(31(37)23(51-3)11-25(41)42)9-15-5-7-17(33(45)27(15)35(29)47)18-8-6-16-10-20-30(36(48)28(16)34(18)46)22(40)14-38(2,50)32(20)24(52-4)12-26(43)44/h5-12,31-32,45-50H,13-14H2,1-4H3,(H,41,42)(H,43,44)/b23-11-,24-12-/t31-,32-,37+,38+/m0/s1. The zero-order chi connectivity index (χ0) is 38.2. The Kier molecular flexibility index (Phi) is 8.43. The minimum absolute atomic E-state index is 0.0485. The molecular weight excluding hydrogens is 680 g/mol. The maximum atomic E-state index is 13.3. The van der Waals surface area contributed by atoms with Gasteiger partial charge in [0, 0.05) is 24.0 Å². The Balaban J connectivity index is 1.57. The number of benzene rings is 4. The number of ketones is 2. The van der Waals surface area contributed by atoms with Crippen molar-refractivity contribution in [2.24, 2.45) is 0 Å². The van der Waals surface area contributed by atoms with Crippen molar-refractivity contribution < 1.29 is 69.5 Å². The van der Waals surface area contributed by atoms with Crippen molar-refractivity contribution in [1.82, 2.24) is 0 Å². The lowest BCUT2D eigenvalue weighted by Crippen LogP contribution is -2.41. The Morgan fingerprint density at radius 2 is 1.00 bits per heavy atom. The topological polar surface area (TPSA) is 249 Å². The summed E-state index contributed by atoms with van der Waals surface area (Å²) >= 11 is 0. The SMILES string of the molecule is CO/C(=C\C(=O)O)[C@@H]1c2cc3ccc(-c4ccc5cc6c(c(O)c5c4O)C(=O)C[C@@](C)(O)[C@@H]6/C(=C/C(=O)O)OC)c(O)c3c(O)c2C(=O)C[C@@]1(C)O. The summed E-state index contributed by atoms with van der Waals surface area (Å²) in [5.41, 5.74) is -4.13. The van der Waals surface area contributed by atoms with Gasteiger partial charge >= 0.3 is 11.9 Å². The Morgan fingerprint density at radius 1 is 0.654 bits per heavy atom. The van der Waals surface area contributed by atoms with Crippen LogP contribution in [0.25, 0.3) is 32.7 Å². The normalized spacial score (nSPS) is 23.3. The fraction of sp³-hybridized carbons (Fsp3) is 0.263. The van der Waals surface area contributed by atoms with Crippen molar-refractivity contribution in [3.05, 3.63) is 82.3 Å². The number of ether oxygens (including phenoxy) is 2. The number of aliphatic hydroxyl groups is 2. The van der Waals surface area contributed by atoms with Crippen LogP contribution in [0, 0.1) is 0 Å². The fourth-order valence-electron chi connectivity index (χ4n) is 7.81. The molecular formula is C38H34O14. The van der Waals surface area contributed by atoms with Crippen LogP contribution in [0.1, 0.15) is 70.4 Å². The van der Waals surface area contributed by atoms with Crippen molar-refractivity contribution in [1.29, 1.82) is 0 Å². The second kappa shape index (κ2) is 12.3. The highest BCUT2D eigenvalue weighted by atomic mass is 16.5. The number of hydrogen-bond acceptors (Lipinski definition) is 12. The van der Waals surface area contributed by atoms with E-state index in [1.54, 1.807) is 0 Å². The summed E-state index contributed by atoms with van der Waals surface area (Å²) in [6.45, 7) is 2.67. The molecule has 0 spiro atoms. The average Bonchev–Trinajstić information content (AvgIpc) is 3.02. The minimum atomic E-state index is -1.81. The first-order valence-electron chi connectivity index (χ1n) is 15.9. The molecule has 4 aromatic rings. The van der Waals surface area contributed by atoms with Gasteiger partial charge < -0.3 is 50.3 Å². The number of carboxylic acid groups (broad SMARTS) is 2. The number of carboxylic acids is 2. The molecule has 4 aromatic carbocycles. The maximum Gasteiger partial charge on any atom is 0.331 e. The van der Waals surface area contributed by atoms with Gasteiger partial charge in [-0.15, -0.1) is 0 Å². The first-order valence-corrected chi connectivity index (χ1v) is 15.9. The van der Waals surface area contributed by atoms with E-state index in [1.807, 2.05) is 0 Å². The molecule has 6 rings (SSSR count). The van der Waals surface area contributed by atoms with Crippen LogP contribution < -0.4 is 0 Å². The van der Waals surface area contributed by atoms with Crippen molar-refractivity contribution in [3.8, 4) is 34.1 Å². The number of carbonyl (C=O) groups excluding carboxylic acids is 2. The lowest BCUT2D eigenvalue weighted by molar-refractivity contribution is -0.132. The second-order valence-corrected chi connectivity index (χ2v) is 13.5. The summed E-state index contributed by atoms with van der Waals surface area (Å²) in [5, 5.41) is 87.5. The molecule has 0 unspecified atom stereocenters. The van der Waals surface area contributed by atoms with Gasteiger partial charge in [0.1, 0.15) is 34.5 Å². The number of fused-ring (bicyclic) bond motifs is 4. The molecule has 52 heavy (non-hydrogen) atoms. The molecule has 0 fully saturated rings. The molecule has 2 aliphatic carbocycles. The third-order valence-corrected chi connectivity index (χ3v) is 9.89. The van der Waals surface area contributed by atoms with E-state index < -0.39 is 82.4 Å². The monoisotopic (exact) mass is 714 g/mol.